The second-order valence-electron chi connectivity index (χ2n) is 8.63. The van der Waals surface area contributed by atoms with Crippen molar-refractivity contribution >= 4 is 11.8 Å². The van der Waals surface area contributed by atoms with Crippen molar-refractivity contribution in [1.29, 1.82) is 0 Å². The van der Waals surface area contributed by atoms with Gasteiger partial charge in [-0.3, -0.25) is 9.59 Å². The van der Waals surface area contributed by atoms with Crippen LogP contribution in [0.5, 0.6) is 0 Å². The molecule has 2 aromatic carbocycles. The van der Waals surface area contributed by atoms with Gasteiger partial charge in [0, 0.05) is 18.2 Å². The number of halogens is 3. The van der Waals surface area contributed by atoms with E-state index in [1.807, 2.05) is 30.3 Å². The third-order valence-corrected chi connectivity index (χ3v) is 5.33. The van der Waals surface area contributed by atoms with Crippen molar-refractivity contribution in [3.05, 3.63) is 70.8 Å². The van der Waals surface area contributed by atoms with Crippen LogP contribution in [0.1, 0.15) is 46.3 Å². The van der Waals surface area contributed by atoms with Crippen molar-refractivity contribution in [2.75, 3.05) is 27.2 Å². The molecule has 2 aromatic rings. The average molecular weight is 464 g/mol. The number of rotatable bonds is 5. The van der Waals surface area contributed by atoms with Crippen molar-refractivity contribution < 1.29 is 22.8 Å². The predicted molar refractivity (Wildman–Crippen MR) is 123 cm³/mol. The van der Waals surface area contributed by atoms with Crippen molar-refractivity contribution in [1.82, 2.24) is 9.80 Å². The van der Waals surface area contributed by atoms with Crippen LogP contribution in [0.2, 0.25) is 0 Å². The number of likely N-dealkylation sites (tertiary alicyclic amines) is 1. The van der Waals surface area contributed by atoms with Crippen LogP contribution in [0.25, 0.3) is 0 Å². The molecule has 1 atom stereocenters. The standard InChI is InChI=1S/C21H22F3NO.C4H10N2O/c1-15-11-17(14-18(12-15)21(22,23)24)20(26)25-10-6-5-9-19(25)13-16-7-3-2-4-8-16;1-6(2)3-4(5)7/h2-4,7-8,11-12,14,19H,5-6,9-10,13H2,1H3;3H2,1-2H3,(H2,5,7). The lowest BCUT2D eigenvalue weighted by Gasteiger charge is -2.36. The van der Waals surface area contributed by atoms with Crippen molar-refractivity contribution in [2.24, 2.45) is 5.73 Å². The molecule has 5 nitrogen and oxygen atoms in total. The number of hydrogen-bond acceptors (Lipinski definition) is 3. The number of primary amides is 1. The van der Waals surface area contributed by atoms with E-state index in [9.17, 15) is 22.8 Å². The van der Waals surface area contributed by atoms with Gasteiger partial charge in [-0.2, -0.15) is 13.2 Å². The summed E-state index contributed by atoms with van der Waals surface area (Å²) in [5.41, 5.74) is 5.75. The highest BCUT2D eigenvalue weighted by molar-refractivity contribution is 5.95. The SMILES string of the molecule is CN(C)CC(N)=O.Cc1cc(C(=O)N2CCCCC2Cc2ccccc2)cc(C(F)(F)F)c1. The highest BCUT2D eigenvalue weighted by Crippen LogP contribution is 2.31. The summed E-state index contributed by atoms with van der Waals surface area (Å²) in [6.07, 6.45) is -0.937. The minimum atomic E-state index is -4.45. The summed E-state index contributed by atoms with van der Waals surface area (Å²) in [5, 5.41) is 0. The maximum absolute atomic E-state index is 13.1. The average Bonchev–Trinajstić information content (AvgIpc) is 2.73. The van der Waals surface area contributed by atoms with Crippen LogP contribution in [0.4, 0.5) is 13.2 Å². The molecular weight excluding hydrogens is 431 g/mol. The van der Waals surface area contributed by atoms with E-state index in [0.29, 0.717) is 18.7 Å². The first-order chi connectivity index (χ1) is 15.5. The Balaban J connectivity index is 0.000000479. The molecule has 0 spiro atoms. The van der Waals surface area contributed by atoms with Crippen LogP contribution >= 0.6 is 0 Å². The van der Waals surface area contributed by atoms with E-state index in [1.54, 1.807) is 36.9 Å². The number of carbonyl (C=O) groups excluding carboxylic acids is 2. The lowest BCUT2D eigenvalue weighted by molar-refractivity contribution is -0.137. The Labute approximate surface area is 193 Å². The number of benzene rings is 2. The molecule has 0 aliphatic carbocycles. The van der Waals surface area contributed by atoms with Gasteiger partial charge in [0.1, 0.15) is 0 Å². The molecule has 8 heteroatoms. The zero-order valence-corrected chi connectivity index (χ0v) is 19.4. The fourth-order valence-corrected chi connectivity index (χ4v) is 3.91. The Bertz CT molecular complexity index is 930. The normalized spacial score (nSPS) is 16.2. The first-order valence-corrected chi connectivity index (χ1v) is 10.9. The molecule has 1 fully saturated rings. The topological polar surface area (TPSA) is 66.6 Å². The largest absolute Gasteiger partial charge is 0.416 e. The quantitative estimate of drug-likeness (QED) is 0.720. The molecule has 1 aliphatic heterocycles. The van der Waals surface area contributed by atoms with Gasteiger partial charge >= 0.3 is 6.18 Å². The summed E-state index contributed by atoms with van der Waals surface area (Å²) in [6, 6.07) is 13.5. The summed E-state index contributed by atoms with van der Waals surface area (Å²) >= 11 is 0. The number of nitrogens with two attached hydrogens (primary N) is 1. The van der Waals surface area contributed by atoms with Gasteiger partial charge in [-0.05, 0) is 76.0 Å². The number of piperidine rings is 1. The van der Waals surface area contributed by atoms with E-state index in [0.717, 1.165) is 43.4 Å². The molecule has 0 saturated carbocycles. The number of hydrogen-bond donors (Lipinski definition) is 1. The zero-order valence-electron chi connectivity index (χ0n) is 19.4. The first-order valence-electron chi connectivity index (χ1n) is 10.9. The number of carbonyl (C=O) groups is 2. The fraction of sp³-hybridized carbons (Fsp3) is 0.440. The number of amides is 2. The van der Waals surface area contributed by atoms with Crippen LogP contribution in [-0.4, -0.2) is 54.8 Å². The van der Waals surface area contributed by atoms with Crippen molar-refractivity contribution in [3.8, 4) is 0 Å². The molecule has 0 bridgehead atoms. The summed E-state index contributed by atoms with van der Waals surface area (Å²) in [6.45, 7) is 2.51. The predicted octanol–water partition coefficient (Wildman–Crippen LogP) is 4.28. The number of nitrogens with zero attached hydrogens (tertiary/aromatic N) is 2. The molecule has 1 saturated heterocycles. The third-order valence-electron chi connectivity index (χ3n) is 5.33. The lowest BCUT2D eigenvalue weighted by atomic mass is 9.94. The van der Waals surface area contributed by atoms with Crippen molar-refractivity contribution in [3.63, 3.8) is 0 Å². The van der Waals surface area contributed by atoms with Gasteiger partial charge < -0.3 is 15.5 Å². The van der Waals surface area contributed by atoms with Gasteiger partial charge in [-0.15, -0.1) is 0 Å². The van der Waals surface area contributed by atoms with Gasteiger partial charge in [-0.1, -0.05) is 30.3 Å². The first kappa shape index (κ1) is 26.4. The number of alkyl halides is 3. The molecule has 1 unspecified atom stereocenters. The Kier molecular flexibility index (Phi) is 9.46. The highest BCUT2D eigenvalue weighted by atomic mass is 19.4. The lowest BCUT2D eigenvalue weighted by Crippen LogP contribution is -2.45. The van der Waals surface area contributed by atoms with Crippen LogP contribution < -0.4 is 5.73 Å². The van der Waals surface area contributed by atoms with E-state index in [4.69, 9.17) is 5.73 Å². The Morgan fingerprint density at radius 1 is 1.09 bits per heavy atom. The smallest absolute Gasteiger partial charge is 0.369 e. The molecule has 2 N–H and O–H groups in total. The van der Waals surface area contributed by atoms with Crippen molar-refractivity contribution in [2.45, 2.75) is 44.8 Å². The molecule has 0 radical (unpaired) electrons. The summed E-state index contributed by atoms with van der Waals surface area (Å²) in [5.74, 6) is -0.593. The second kappa shape index (κ2) is 11.8. The molecule has 2 amide bonds. The number of likely N-dealkylation sites (N-methyl/N-ethyl adjacent to an activating group) is 1. The molecular formula is C25H32F3N3O2. The van der Waals surface area contributed by atoms with Crippen LogP contribution in [0, 0.1) is 6.92 Å². The van der Waals surface area contributed by atoms with Gasteiger partial charge in [0.2, 0.25) is 5.91 Å². The molecule has 1 heterocycles. The van der Waals surface area contributed by atoms with E-state index in [2.05, 4.69) is 0 Å². The van der Waals surface area contributed by atoms with Gasteiger partial charge in [-0.25, -0.2) is 0 Å². The van der Waals surface area contributed by atoms with Gasteiger partial charge in [0.25, 0.3) is 5.91 Å². The molecule has 33 heavy (non-hydrogen) atoms. The zero-order chi connectivity index (χ0) is 24.6. The van der Waals surface area contributed by atoms with Crippen LogP contribution in [0.15, 0.2) is 48.5 Å². The Morgan fingerprint density at radius 3 is 2.30 bits per heavy atom. The van der Waals surface area contributed by atoms with Gasteiger partial charge in [0.15, 0.2) is 0 Å². The maximum atomic E-state index is 13.1. The van der Waals surface area contributed by atoms with E-state index in [-0.39, 0.29) is 23.4 Å². The van der Waals surface area contributed by atoms with Crippen LogP contribution in [0.3, 0.4) is 0 Å². The van der Waals surface area contributed by atoms with Crippen LogP contribution in [-0.2, 0) is 17.4 Å². The molecule has 3 rings (SSSR count). The third kappa shape index (κ3) is 8.53. The molecule has 1 aliphatic rings. The Hall–Kier alpha value is -2.87. The molecule has 180 valence electrons. The van der Waals surface area contributed by atoms with Gasteiger partial charge in [0.05, 0.1) is 12.1 Å². The van der Waals surface area contributed by atoms with E-state index >= 15 is 0 Å². The summed E-state index contributed by atoms with van der Waals surface area (Å²) < 4.78 is 39.3. The second-order valence-corrected chi connectivity index (χ2v) is 8.63. The van der Waals surface area contributed by atoms with E-state index < -0.39 is 11.7 Å². The summed E-state index contributed by atoms with van der Waals surface area (Å²) in [4.78, 5) is 26.5. The maximum Gasteiger partial charge on any atom is 0.416 e. The monoisotopic (exact) mass is 463 g/mol. The Morgan fingerprint density at radius 2 is 1.76 bits per heavy atom. The minimum absolute atomic E-state index is 0.0218. The highest BCUT2D eigenvalue weighted by Gasteiger charge is 2.33. The van der Waals surface area contributed by atoms with E-state index in [1.165, 1.54) is 0 Å². The number of aryl methyl sites for hydroxylation is 1. The summed E-state index contributed by atoms with van der Waals surface area (Å²) in [7, 11) is 3.59. The fourth-order valence-electron chi connectivity index (χ4n) is 3.91. The molecule has 0 aromatic heterocycles. The minimum Gasteiger partial charge on any atom is -0.369 e.